The molecule has 3 rings (SSSR count). The minimum absolute atomic E-state index is 0.0937. The lowest BCUT2D eigenvalue weighted by atomic mass is 10.1. The molecule has 0 atom stereocenters. The number of rotatable bonds is 9. The summed E-state index contributed by atoms with van der Waals surface area (Å²) in [5.41, 5.74) is 3.05. The fraction of sp³-hybridized carbons (Fsp3) is 0.458. The van der Waals surface area contributed by atoms with Crippen LogP contribution in [0.25, 0.3) is 0 Å². The Bertz CT molecular complexity index is 968. The summed E-state index contributed by atoms with van der Waals surface area (Å²) in [6, 6.07) is 14.6. The zero-order chi connectivity index (χ0) is 22.3. The molecule has 168 valence electrons. The second-order valence-corrected chi connectivity index (χ2v) is 10.2. The van der Waals surface area contributed by atoms with Gasteiger partial charge in [-0.1, -0.05) is 30.7 Å². The van der Waals surface area contributed by atoms with Gasteiger partial charge in [0.25, 0.3) is 5.91 Å². The van der Waals surface area contributed by atoms with Crippen LogP contribution >= 0.6 is 0 Å². The van der Waals surface area contributed by atoms with Gasteiger partial charge < -0.3 is 10.2 Å². The molecule has 0 radical (unpaired) electrons. The smallest absolute Gasteiger partial charge is 0.251 e. The van der Waals surface area contributed by atoms with Crippen LogP contribution in [0.3, 0.4) is 0 Å². The Kier molecular flexibility index (Phi) is 8.09. The molecular formula is C24H33N3O3S. The van der Waals surface area contributed by atoms with Gasteiger partial charge in [0.05, 0.1) is 18.5 Å². The molecule has 1 fully saturated rings. The molecule has 0 spiro atoms. The standard InChI is InChI=1S/C24H33N3O3S/c1-20-8-6-9-23(18-20)27(31(2,29)30)19-21-10-12-22(13-11-21)24(28)25-14-7-17-26-15-4-3-5-16-26/h6,8-13,18H,3-5,7,14-17,19H2,1-2H3,(H,25,28). The van der Waals surface area contributed by atoms with Crippen molar-refractivity contribution >= 4 is 21.6 Å². The first-order valence-corrected chi connectivity index (χ1v) is 12.8. The van der Waals surface area contributed by atoms with E-state index in [-0.39, 0.29) is 12.5 Å². The second kappa shape index (κ2) is 10.8. The Balaban J connectivity index is 1.55. The van der Waals surface area contributed by atoms with Crippen LogP contribution in [0.5, 0.6) is 0 Å². The maximum absolute atomic E-state index is 12.4. The topological polar surface area (TPSA) is 69.7 Å². The van der Waals surface area contributed by atoms with Gasteiger partial charge in [-0.05, 0) is 81.2 Å². The van der Waals surface area contributed by atoms with E-state index < -0.39 is 10.0 Å². The quantitative estimate of drug-likeness (QED) is 0.602. The summed E-state index contributed by atoms with van der Waals surface area (Å²) in [5.74, 6) is -0.0937. The number of anilines is 1. The molecule has 1 amide bonds. The maximum Gasteiger partial charge on any atom is 0.251 e. The molecule has 7 heteroatoms. The van der Waals surface area contributed by atoms with Crippen molar-refractivity contribution in [1.82, 2.24) is 10.2 Å². The molecule has 6 nitrogen and oxygen atoms in total. The summed E-state index contributed by atoms with van der Waals surface area (Å²) in [4.78, 5) is 14.9. The van der Waals surface area contributed by atoms with Gasteiger partial charge in [-0.2, -0.15) is 0 Å². The fourth-order valence-electron chi connectivity index (χ4n) is 3.90. The van der Waals surface area contributed by atoms with Crippen molar-refractivity contribution in [2.75, 3.05) is 36.7 Å². The van der Waals surface area contributed by atoms with E-state index in [2.05, 4.69) is 10.2 Å². The highest BCUT2D eigenvalue weighted by molar-refractivity contribution is 7.92. The van der Waals surface area contributed by atoms with Crippen LogP contribution in [0.15, 0.2) is 48.5 Å². The molecule has 31 heavy (non-hydrogen) atoms. The lowest BCUT2D eigenvalue weighted by molar-refractivity contribution is 0.0951. The average Bonchev–Trinajstić information content (AvgIpc) is 2.75. The predicted octanol–water partition coefficient (Wildman–Crippen LogP) is 3.57. The molecule has 2 aromatic rings. The first-order valence-electron chi connectivity index (χ1n) is 11.0. The number of nitrogens with zero attached hydrogens (tertiary/aromatic N) is 2. The number of likely N-dealkylation sites (tertiary alicyclic amines) is 1. The third kappa shape index (κ3) is 7.08. The van der Waals surface area contributed by atoms with Gasteiger partial charge in [0, 0.05) is 12.1 Å². The van der Waals surface area contributed by atoms with E-state index in [1.807, 2.05) is 37.3 Å². The molecule has 0 aromatic heterocycles. The molecule has 1 heterocycles. The van der Waals surface area contributed by atoms with Crippen molar-refractivity contribution in [2.24, 2.45) is 0 Å². The van der Waals surface area contributed by atoms with Crippen LogP contribution in [0.1, 0.15) is 47.2 Å². The Morgan fingerprint density at radius 2 is 1.77 bits per heavy atom. The Hall–Kier alpha value is -2.38. The number of hydrogen-bond donors (Lipinski definition) is 1. The van der Waals surface area contributed by atoms with Gasteiger partial charge >= 0.3 is 0 Å². The van der Waals surface area contributed by atoms with Crippen LogP contribution in [-0.2, 0) is 16.6 Å². The van der Waals surface area contributed by atoms with Gasteiger partial charge in [0.1, 0.15) is 0 Å². The summed E-state index contributed by atoms with van der Waals surface area (Å²) >= 11 is 0. The van der Waals surface area contributed by atoms with Crippen molar-refractivity contribution in [3.63, 3.8) is 0 Å². The fourth-order valence-corrected chi connectivity index (χ4v) is 4.78. The zero-order valence-electron chi connectivity index (χ0n) is 18.5. The minimum atomic E-state index is -3.43. The van der Waals surface area contributed by atoms with Gasteiger partial charge in [0.2, 0.25) is 10.0 Å². The molecule has 0 aliphatic carbocycles. The molecule has 0 unspecified atom stereocenters. The van der Waals surface area contributed by atoms with E-state index in [9.17, 15) is 13.2 Å². The highest BCUT2D eigenvalue weighted by atomic mass is 32.2. The average molecular weight is 444 g/mol. The number of sulfonamides is 1. The highest BCUT2D eigenvalue weighted by Gasteiger charge is 2.18. The predicted molar refractivity (Wildman–Crippen MR) is 126 cm³/mol. The van der Waals surface area contributed by atoms with Crippen LogP contribution in [0.2, 0.25) is 0 Å². The number of aryl methyl sites for hydroxylation is 1. The largest absolute Gasteiger partial charge is 0.352 e. The molecule has 0 bridgehead atoms. The monoisotopic (exact) mass is 443 g/mol. The van der Waals surface area contributed by atoms with Crippen molar-refractivity contribution in [2.45, 2.75) is 39.2 Å². The summed E-state index contributed by atoms with van der Waals surface area (Å²) in [7, 11) is -3.43. The van der Waals surface area contributed by atoms with Crippen LogP contribution in [0.4, 0.5) is 5.69 Å². The molecule has 1 aliphatic heterocycles. The van der Waals surface area contributed by atoms with E-state index in [0.29, 0.717) is 17.8 Å². The first kappa shape index (κ1) is 23.3. The van der Waals surface area contributed by atoms with E-state index in [1.165, 1.54) is 42.9 Å². The Morgan fingerprint density at radius 3 is 2.42 bits per heavy atom. The third-order valence-corrected chi connectivity index (χ3v) is 6.76. The number of hydrogen-bond acceptors (Lipinski definition) is 4. The zero-order valence-corrected chi connectivity index (χ0v) is 19.3. The van der Waals surface area contributed by atoms with E-state index in [4.69, 9.17) is 0 Å². The number of carbonyl (C=O) groups excluding carboxylic acids is 1. The van der Waals surface area contributed by atoms with E-state index in [1.54, 1.807) is 18.2 Å². The van der Waals surface area contributed by atoms with Gasteiger partial charge in [0.15, 0.2) is 0 Å². The Labute approximate surface area is 186 Å². The van der Waals surface area contributed by atoms with Gasteiger partial charge in [-0.3, -0.25) is 9.10 Å². The number of nitrogens with one attached hydrogen (secondary N) is 1. The number of amides is 1. The van der Waals surface area contributed by atoms with Crippen molar-refractivity contribution < 1.29 is 13.2 Å². The minimum Gasteiger partial charge on any atom is -0.352 e. The molecular weight excluding hydrogens is 410 g/mol. The number of benzene rings is 2. The lowest BCUT2D eigenvalue weighted by Crippen LogP contribution is -2.33. The van der Waals surface area contributed by atoms with Crippen LogP contribution in [-0.4, -0.2) is 51.7 Å². The molecule has 1 N–H and O–H groups in total. The first-order chi connectivity index (χ1) is 14.8. The number of carbonyl (C=O) groups is 1. The summed E-state index contributed by atoms with van der Waals surface area (Å²) in [6.45, 7) is 6.18. The molecule has 0 saturated carbocycles. The second-order valence-electron chi connectivity index (χ2n) is 8.32. The molecule has 2 aromatic carbocycles. The normalized spacial score (nSPS) is 14.9. The van der Waals surface area contributed by atoms with Crippen molar-refractivity contribution in [1.29, 1.82) is 0 Å². The van der Waals surface area contributed by atoms with E-state index >= 15 is 0 Å². The highest BCUT2D eigenvalue weighted by Crippen LogP contribution is 2.22. The van der Waals surface area contributed by atoms with Crippen molar-refractivity contribution in [3.8, 4) is 0 Å². The van der Waals surface area contributed by atoms with Crippen LogP contribution < -0.4 is 9.62 Å². The van der Waals surface area contributed by atoms with E-state index in [0.717, 1.165) is 24.1 Å². The van der Waals surface area contributed by atoms with Crippen molar-refractivity contribution in [3.05, 3.63) is 65.2 Å². The van der Waals surface area contributed by atoms with Gasteiger partial charge in [-0.15, -0.1) is 0 Å². The summed E-state index contributed by atoms with van der Waals surface area (Å²) in [6.07, 6.45) is 6.04. The molecule has 1 saturated heterocycles. The maximum atomic E-state index is 12.4. The Morgan fingerprint density at radius 1 is 1.06 bits per heavy atom. The van der Waals surface area contributed by atoms with Gasteiger partial charge in [-0.25, -0.2) is 8.42 Å². The number of piperidine rings is 1. The summed E-state index contributed by atoms with van der Waals surface area (Å²) < 4.78 is 26.1. The lowest BCUT2D eigenvalue weighted by Gasteiger charge is -2.26. The molecule has 1 aliphatic rings. The summed E-state index contributed by atoms with van der Waals surface area (Å²) in [5, 5.41) is 2.98. The van der Waals surface area contributed by atoms with Crippen LogP contribution in [0, 0.1) is 6.92 Å². The third-order valence-electron chi connectivity index (χ3n) is 5.62. The SMILES string of the molecule is Cc1cccc(N(Cc2ccc(C(=O)NCCCN3CCCCC3)cc2)S(C)(=O)=O)c1.